The fraction of sp³-hybridized carbons (Fsp3) is 0.368. The van der Waals surface area contributed by atoms with Gasteiger partial charge in [0.05, 0.1) is 4.88 Å². The van der Waals surface area contributed by atoms with E-state index in [1.807, 2.05) is 28.6 Å². The van der Waals surface area contributed by atoms with E-state index in [9.17, 15) is 22.8 Å². The Morgan fingerprint density at radius 2 is 1.85 bits per heavy atom. The van der Waals surface area contributed by atoms with Crippen LogP contribution in [0, 0.1) is 6.92 Å². The number of benzene rings is 1. The number of nitrogens with zero attached hydrogens (tertiary/aromatic N) is 1. The van der Waals surface area contributed by atoms with Gasteiger partial charge in [0.2, 0.25) is 0 Å². The SMILES string of the molecule is Cc1ccsc1C(=O)N(Cc1ccc(C(=O)NCC(F)(F)F)cc1)C1CC1. The van der Waals surface area contributed by atoms with E-state index in [2.05, 4.69) is 0 Å². The number of alkyl halides is 3. The molecule has 8 heteroatoms. The molecule has 1 aromatic carbocycles. The molecule has 1 aliphatic rings. The van der Waals surface area contributed by atoms with E-state index in [4.69, 9.17) is 0 Å². The maximum Gasteiger partial charge on any atom is 0.405 e. The molecule has 1 heterocycles. The van der Waals surface area contributed by atoms with Gasteiger partial charge in [-0.15, -0.1) is 11.3 Å². The molecule has 0 aliphatic heterocycles. The fourth-order valence-electron chi connectivity index (χ4n) is 2.72. The normalized spacial score (nSPS) is 14.1. The van der Waals surface area contributed by atoms with Crippen LogP contribution in [0.3, 0.4) is 0 Å². The highest BCUT2D eigenvalue weighted by Crippen LogP contribution is 2.31. The Kier molecular flexibility index (Phi) is 5.55. The average Bonchev–Trinajstić information content (AvgIpc) is 3.37. The molecule has 0 bridgehead atoms. The number of hydrogen-bond acceptors (Lipinski definition) is 3. The molecule has 1 N–H and O–H groups in total. The first-order chi connectivity index (χ1) is 12.7. The van der Waals surface area contributed by atoms with Crippen LogP contribution in [0.1, 0.15) is 44.0 Å². The van der Waals surface area contributed by atoms with Gasteiger partial charge in [-0.25, -0.2) is 0 Å². The summed E-state index contributed by atoms with van der Waals surface area (Å²) in [7, 11) is 0. The van der Waals surface area contributed by atoms with Crippen molar-refractivity contribution in [2.45, 2.75) is 38.5 Å². The molecule has 1 saturated carbocycles. The lowest BCUT2D eigenvalue weighted by molar-refractivity contribution is -0.123. The van der Waals surface area contributed by atoms with E-state index in [0.29, 0.717) is 6.54 Å². The van der Waals surface area contributed by atoms with Crippen LogP contribution in [-0.4, -0.2) is 35.5 Å². The minimum absolute atomic E-state index is 0.00278. The first kappa shape index (κ1) is 19.4. The van der Waals surface area contributed by atoms with E-state index >= 15 is 0 Å². The molecule has 144 valence electrons. The average molecular weight is 396 g/mol. The van der Waals surface area contributed by atoms with Gasteiger partial charge < -0.3 is 10.2 Å². The topological polar surface area (TPSA) is 49.4 Å². The molecular formula is C19H19F3N2O2S. The quantitative estimate of drug-likeness (QED) is 0.797. The standard InChI is InChI=1S/C19H19F3N2O2S/c1-12-8-9-27-16(12)18(26)24(15-6-7-15)10-13-2-4-14(5-3-13)17(25)23-11-19(20,21)22/h2-5,8-9,15H,6-7,10-11H2,1H3,(H,23,25). The monoisotopic (exact) mass is 396 g/mol. The second-order valence-electron chi connectivity index (χ2n) is 6.59. The van der Waals surface area contributed by atoms with E-state index in [1.165, 1.54) is 23.5 Å². The molecule has 2 aromatic rings. The summed E-state index contributed by atoms with van der Waals surface area (Å²) in [5, 5.41) is 3.73. The Labute approximate surface area is 159 Å². The highest BCUT2D eigenvalue weighted by Gasteiger charge is 2.34. The summed E-state index contributed by atoms with van der Waals surface area (Å²) in [5.41, 5.74) is 1.94. The minimum atomic E-state index is -4.44. The predicted molar refractivity (Wildman–Crippen MR) is 96.8 cm³/mol. The second kappa shape index (κ2) is 7.72. The van der Waals surface area contributed by atoms with Crippen LogP contribution in [0.15, 0.2) is 35.7 Å². The number of carbonyl (C=O) groups excluding carboxylic acids is 2. The number of carbonyl (C=O) groups is 2. The first-order valence-corrected chi connectivity index (χ1v) is 9.41. The molecule has 0 radical (unpaired) electrons. The molecule has 1 aliphatic carbocycles. The van der Waals surface area contributed by atoms with Crippen molar-refractivity contribution in [2.24, 2.45) is 0 Å². The van der Waals surface area contributed by atoms with Crippen molar-refractivity contribution >= 4 is 23.2 Å². The van der Waals surface area contributed by atoms with E-state index in [-0.39, 0.29) is 17.5 Å². The number of thiophene rings is 1. The third-order valence-corrected chi connectivity index (χ3v) is 5.33. The van der Waals surface area contributed by atoms with Crippen LogP contribution in [0.2, 0.25) is 0 Å². The van der Waals surface area contributed by atoms with Crippen molar-refractivity contribution in [1.82, 2.24) is 10.2 Å². The Hall–Kier alpha value is -2.35. The Balaban J connectivity index is 1.66. The van der Waals surface area contributed by atoms with Crippen LogP contribution in [0.25, 0.3) is 0 Å². The second-order valence-corrected chi connectivity index (χ2v) is 7.51. The largest absolute Gasteiger partial charge is 0.405 e. The minimum Gasteiger partial charge on any atom is -0.343 e. The van der Waals surface area contributed by atoms with Gasteiger partial charge in [0, 0.05) is 18.2 Å². The van der Waals surface area contributed by atoms with E-state index in [1.54, 1.807) is 12.1 Å². The van der Waals surface area contributed by atoms with Crippen molar-refractivity contribution < 1.29 is 22.8 Å². The summed E-state index contributed by atoms with van der Waals surface area (Å²) in [5.74, 6) is -0.778. The van der Waals surface area contributed by atoms with Gasteiger partial charge in [0.1, 0.15) is 6.54 Å². The molecule has 1 fully saturated rings. The molecule has 0 saturated heterocycles. The third kappa shape index (κ3) is 5.09. The number of amides is 2. The Morgan fingerprint density at radius 3 is 2.37 bits per heavy atom. The van der Waals surface area contributed by atoms with Gasteiger partial charge in [0.15, 0.2) is 0 Å². The molecule has 0 spiro atoms. The molecule has 27 heavy (non-hydrogen) atoms. The lowest BCUT2D eigenvalue weighted by Crippen LogP contribution is -2.34. The molecule has 1 aromatic heterocycles. The van der Waals surface area contributed by atoms with Gasteiger partial charge in [-0.2, -0.15) is 13.2 Å². The van der Waals surface area contributed by atoms with Crippen LogP contribution in [0.4, 0.5) is 13.2 Å². The first-order valence-electron chi connectivity index (χ1n) is 8.53. The summed E-state index contributed by atoms with van der Waals surface area (Å²) in [4.78, 5) is 27.2. The molecule has 3 rings (SSSR count). The van der Waals surface area contributed by atoms with Crippen molar-refractivity contribution in [3.8, 4) is 0 Å². The van der Waals surface area contributed by atoms with Crippen molar-refractivity contribution in [2.75, 3.05) is 6.54 Å². The van der Waals surface area contributed by atoms with Gasteiger partial charge in [-0.05, 0) is 54.5 Å². The molecule has 0 atom stereocenters. The number of nitrogens with one attached hydrogen (secondary N) is 1. The number of halogens is 3. The summed E-state index contributed by atoms with van der Waals surface area (Å²) in [6.45, 7) is 0.951. The highest BCUT2D eigenvalue weighted by molar-refractivity contribution is 7.12. The summed E-state index contributed by atoms with van der Waals surface area (Å²) >= 11 is 1.42. The molecular weight excluding hydrogens is 377 g/mol. The zero-order valence-corrected chi connectivity index (χ0v) is 15.5. The third-order valence-electron chi connectivity index (χ3n) is 4.32. The van der Waals surface area contributed by atoms with Crippen molar-refractivity contribution in [3.63, 3.8) is 0 Å². The van der Waals surface area contributed by atoms with E-state index in [0.717, 1.165) is 28.8 Å². The van der Waals surface area contributed by atoms with Crippen LogP contribution in [-0.2, 0) is 6.54 Å². The van der Waals surface area contributed by atoms with Gasteiger partial charge in [-0.3, -0.25) is 9.59 Å². The lowest BCUT2D eigenvalue weighted by atomic mass is 10.1. The number of rotatable bonds is 6. The maximum absolute atomic E-state index is 12.8. The highest BCUT2D eigenvalue weighted by atomic mass is 32.1. The number of hydrogen-bond donors (Lipinski definition) is 1. The maximum atomic E-state index is 12.8. The zero-order chi connectivity index (χ0) is 19.6. The summed E-state index contributed by atoms with van der Waals surface area (Å²) in [6.07, 6.45) is -2.51. The van der Waals surface area contributed by atoms with Crippen molar-refractivity contribution in [1.29, 1.82) is 0 Å². The smallest absolute Gasteiger partial charge is 0.343 e. The van der Waals surface area contributed by atoms with Crippen LogP contribution >= 0.6 is 11.3 Å². The molecule has 4 nitrogen and oxygen atoms in total. The summed E-state index contributed by atoms with van der Waals surface area (Å²) < 4.78 is 36.6. The molecule has 0 unspecified atom stereocenters. The van der Waals surface area contributed by atoms with Gasteiger partial charge in [0.25, 0.3) is 11.8 Å². The molecule has 2 amide bonds. The van der Waals surface area contributed by atoms with Crippen LogP contribution in [0.5, 0.6) is 0 Å². The van der Waals surface area contributed by atoms with Gasteiger partial charge >= 0.3 is 6.18 Å². The van der Waals surface area contributed by atoms with Crippen molar-refractivity contribution in [3.05, 3.63) is 57.3 Å². The number of aryl methyl sites for hydroxylation is 1. The zero-order valence-electron chi connectivity index (χ0n) is 14.7. The summed E-state index contributed by atoms with van der Waals surface area (Å²) in [6, 6.07) is 8.43. The predicted octanol–water partition coefficient (Wildman–Crippen LogP) is 4.15. The Morgan fingerprint density at radius 1 is 1.19 bits per heavy atom. The van der Waals surface area contributed by atoms with Crippen LogP contribution < -0.4 is 5.32 Å². The van der Waals surface area contributed by atoms with Gasteiger partial charge in [-0.1, -0.05) is 12.1 Å². The Bertz CT molecular complexity index is 826. The lowest BCUT2D eigenvalue weighted by Gasteiger charge is -2.22. The fourth-order valence-corrected chi connectivity index (χ4v) is 3.60. The van der Waals surface area contributed by atoms with E-state index < -0.39 is 18.6 Å².